The average Bonchev–Trinajstić information content (AvgIpc) is 2.78. The minimum Gasteiger partial charge on any atom is -0.341 e. The van der Waals surface area contributed by atoms with Crippen LogP contribution in [0, 0.1) is 17.8 Å². The molecule has 0 atom stereocenters. The summed E-state index contributed by atoms with van der Waals surface area (Å²) in [7, 11) is 1.88. The summed E-state index contributed by atoms with van der Waals surface area (Å²) in [6.07, 6.45) is 3.81. The van der Waals surface area contributed by atoms with E-state index in [4.69, 9.17) is 5.73 Å². The molecule has 1 aromatic rings. The maximum atomic E-state index is 12.3. The number of thiophene rings is 1. The van der Waals surface area contributed by atoms with Crippen LogP contribution in [0.2, 0.25) is 0 Å². The van der Waals surface area contributed by atoms with Crippen molar-refractivity contribution in [2.75, 3.05) is 20.1 Å². The van der Waals surface area contributed by atoms with Gasteiger partial charge < -0.3 is 10.6 Å². The third-order valence-corrected chi connectivity index (χ3v) is 4.19. The summed E-state index contributed by atoms with van der Waals surface area (Å²) < 4.78 is 0. The van der Waals surface area contributed by atoms with Crippen LogP contribution in [0.4, 0.5) is 0 Å². The standard InChI is InChI=1S/C14H18N2OS/c1-16(10-11-4-2-5-11)14(17)13-12(6-3-8-15)7-9-18-13/h7,9,11H,2,4-5,8,10,15H2,1H3. The third kappa shape index (κ3) is 2.92. The molecule has 2 N–H and O–H groups in total. The van der Waals surface area contributed by atoms with Crippen LogP contribution in [-0.2, 0) is 0 Å². The molecule has 1 saturated carbocycles. The van der Waals surface area contributed by atoms with E-state index in [1.165, 1.54) is 30.6 Å². The van der Waals surface area contributed by atoms with Gasteiger partial charge in [0.1, 0.15) is 4.88 Å². The van der Waals surface area contributed by atoms with E-state index in [0.29, 0.717) is 12.5 Å². The van der Waals surface area contributed by atoms with Gasteiger partial charge in [-0.25, -0.2) is 0 Å². The molecule has 0 bridgehead atoms. The lowest BCUT2D eigenvalue weighted by atomic mass is 9.85. The van der Waals surface area contributed by atoms with Gasteiger partial charge in [-0.3, -0.25) is 4.79 Å². The molecule has 0 spiro atoms. The zero-order valence-corrected chi connectivity index (χ0v) is 11.4. The monoisotopic (exact) mass is 262 g/mol. The molecule has 1 aliphatic carbocycles. The van der Waals surface area contributed by atoms with Crippen molar-refractivity contribution in [3.63, 3.8) is 0 Å². The normalized spacial score (nSPS) is 14.6. The molecule has 3 nitrogen and oxygen atoms in total. The first-order valence-corrected chi connectivity index (χ1v) is 7.12. The number of carbonyl (C=O) groups is 1. The molecule has 18 heavy (non-hydrogen) atoms. The highest BCUT2D eigenvalue weighted by Crippen LogP contribution is 2.27. The van der Waals surface area contributed by atoms with Gasteiger partial charge in [0, 0.05) is 19.2 Å². The topological polar surface area (TPSA) is 46.3 Å². The Kier molecular flexibility index (Phi) is 4.40. The summed E-state index contributed by atoms with van der Waals surface area (Å²) in [6, 6.07) is 1.89. The summed E-state index contributed by atoms with van der Waals surface area (Å²) in [5.74, 6) is 6.53. The maximum absolute atomic E-state index is 12.3. The highest BCUT2D eigenvalue weighted by Gasteiger charge is 2.23. The Balaban J connectivity index is 2.05. The number of amides is 1. The molecule has 0 saturated heterocycles. The number of rotatable bonds is 3. The van der Waals surface area contributed by atoms with Gasteiger partial charge in [0.15, 0.2) is 0 Å². The Morgan fingerprint density at radius 3 is 3.00 bits per heavy atom. The van der Waals surface area contributed by atoms with Gasteiger partial charge in [-0.15, -0.1) is 11.3 Å². The van der Waals surface area contributed by atoms with Crippen molar-refractivity contribution in [1.29, 1.82) is 0 Å². The van der Waals surface area contributed by atoms with E-state index in [-0.39, 0.29) is 5.91 Å². The fourth-order valence-corrected chi connectivity index (χ4v) is 2.88. The number of hydrogen-bond acceptors (Lipinski definition) is 3. The van der Waals surface area contributed by atoms with Crippen LogP contribution in [-0.4, -0.2) is 30.9 Å². The first-order chi connectivity index (χ1) is 8.72. The van der Waals surface area contributed by atoms with Crippen LogP contribution in [0.15, 0.2) is 11.4 Å². The number of carbonyl (C=O) groups excluding carboxylic acids is 1. The van der Waals surface area contributed by atoms with Crippen LogP contribution in [0.25, 0.3) is 0 Å². The smallest absolute Gasteiger partial charge is 0.264 e. The largest absolute Gasteiger partial charge is 0.341 e. The highest BCUT2D eigenvalue weighted by atomic mass is 32.1. The van der Waals surface area contributed by atoms with Gasteiger partial charge in [0.2, 0.25) is 0 Å². The van der Waals surface area contributed by atoms with Gasteiger partial charge >= 0.3 is 0 Å². The minimum absolute atomic E-state index is 0.0817. The van der Waals surface area contributed by atoms with E-state index in [2.05, 4.69) is 11.8 Å². The average molecular weight is 262 g/mol. The molecular formula is C14H18N2OS. The van der Waals surface area contributed by atoms with E-state index >= 15 is 0 Å². The van der Waals surface area contributed by atoms with E-state index in [9.17, 15) is 4.79 Å². The quantitative estimate of drug-likeness (QED) is 0.846. The fraction of sp³-hybridized carbons (Fsp3) is 0.500. The maximum Gasteiger partial charge on any atom is 0.264 e. The SMILES string of the molecule is CN(CC1CCC1)C(=O)c1sccc1C#CCN. The molecule has 1 heterocycles. The van der Waals surface area contributed by atoms with Crippen molar-refractivity contribution < 1.29 is 4.79 Å². The predicted octanol–water partition coefficient (Wildman–Crippen LogP) is 1.93. The van der Waals surface area contributed by atoms with E-state index in [1.54, 1.807) is 0 Å². The van der Waals surface area contributed by atoms with Crippen molar-refractivity contribution in [3.8, 4) is 11.8 Å². The Bertz CT molecular complexity index is 479. The Labute approximate surface area is 112 Å². The molecule has 1 amide bonds. The number of nitrogens with zero attached hydrogens (tertiary/aromatic N) is 1. The molecule has 0 unspecified atom stereocenters. The summed E-state index contributed by atoms with van der Waals surface area (Å²) in [5.41, 5.74) is 6.16. The van der Waals surface area contributed by atoms with Crippen molar-refractivity contribution in [3.05, 3.63) is 21.9 Å². The van der Waals surface area contributed by atoms with Crippen molar-refractivity contribution in [2.45, 2.75) is 19.3 Å². The second-order valence-corrected chi connectivity index (χ2v) is 5.57. The second kappa shape index (κ2) is 6.03. The van der Waals surface area contributed by atoms with Gasteiger partial charge in [-0.1, -0.05) is 18.3 Å². The van der Waals surface area contributed by atoms with E-state index in [0.717, 1.165) is 17.0 Å². The first-order valence-electron chi connectivity index (χ1n) is 6.24. The highest BCUT2D eigenvalue weighted by molar-refractivity contribution is 7.12. The molecule has 2 rings (SSSR count). The van der Waals surface area contributed by atoms with Crippen LogP contribution >= 0.6 is 11.3 Å². The fourth-order valence-electron chi connectivity index (χ4n) is 2.04. The van der Waals surface area contributed by atoms with Crippen LogP contribution in [0.1, 0.15) is 34.5 Å². The Morgan fingerprint density at radius 2 is 2.39 bits per heavy atom. The van der Waals surface area contributed by atoms with Gasteiger partial charge in [-0.2, -0.15) is 0 Å². The zero-order valence-electron chi connectivity index (χ0n) is 10.6. The third-order valence-electron chi connectivity index (χ3n) is 3.29. The van der Waals surface area contributed by atoms with Gasteiger partial charge in [0.25, 0.3) is 5.91 Å². The molecule has 1 aliphatic rings. The summed E-state index contributed by atoms with van der Waals surface area (Å²) in [4.78, 5) is 14.9. The van der Waals surface area contributed by atoms with Gasteiger partial charge in [0.05, 0.1) is 6.54 Å². The molecule has 0 radical (unpaired) electrons. The molecule has 1 aromatic heterocycles. The van der Waals surface area contributed by atoms with E-state index < -0.39 is 0 Å². The number of nitrogens with two attached hydrogens (primary N) is 1. The molecule has 1 fully saturated rings. The minimum atomic E-state index is 0.0817. The zero-order chi connectivity index (χ0) is 13.0. The summed E-state index contributed by atoms with van der Waals surface area (Å²) in [5, 5.41) is 1.91. The molecule has 0 aliphatic heterocycles. The van der Waals surface area contributed by atoms with Crippen LogP contribution in [0.3, 0.4) is 0 Å². The second-order valence-electron chi connectivity index (χ2n) is 4.65. The number of hydrogen-bond donors (Lipinski definition) is 1. The molecule has 4 heteroatoms. The first kappa shape index (κ1) is 13.1. The summed E-state index contributed by atoms with van der Waals surface area (Å²) in [6.45, 7) is 1.18. The van der Waals surface area contributed by atoms with Crippen LogP contribution in [0.5, 0.6) is 0 Å². The Hall–Kier alpha value is -1.31. The lowest BCUT2D eigenvalue weighted by molar-refractivity contribution is 0.0750. The van der Waals surface area contributed by atoms with Crippen molar-refractivity contribution >= 4 is 17.2 Å². The molecule has 96 valence electrons. The van der Waals surface area contributed by atoms with Crippen molar-refractivity contribution in [1.82, 2.24) is 4.90 Å². The van der Waals surface area contributed by atoms with Crippen LogP contribution < -0.4 is 5.73 Å². The lowest BCUT2D eigenvalue weighted by Gasteiger charge is -2.30. The van der Waals surface area contributed by atoms with Gasteiger partial charge in [-0.05, 0) is 30.2 Å². The lowest BCUT2D eigenvalue weighted by Crippen LogP contribution is -2.34. The predicted molar refractivity (Wildman–Crippen MR) is 74.6 cm³/mol. The van der Waals surface area contributed by atoms with Crippen molar-refractivity contribution in [2.24, 2.45) is 11.7 Å². The molecular weight excluding hydrogens is 244 g/mol. The molecule has 0 aromatic carbocycles. The Morgan fingerprint density at radius 1 is 1.61 bits per heavy atom. The summed E-state index contributed by atoms with van der Waals surface area (Å²) >= 11 is 1.45. The van der Waals surface area contributed by atoms with E-state index in [1.807, 2.05) is 23.4 Å².